The van der Waals surface area contributed by atoms with Crippen LogP contribution < -0.4 is 16.4 Å². The average molecular weight is 473 g/mol. The second-order valence-electron chi connectivity index (χ2n) is 7.81. The highest BCUT2D eigenvalue weighted by Crippen LogP contribution is 2.35. The lowest BCUT2D eigenvalue weighted by Crippen LogP contribution is -2.29. The van der Waals surface area contributed by atoms with Gasteiger partial charge in [-0.25, -0.2) is 14.8 Å². The zero-order chi connectivity index (χ0) is 23.7. The Labute approximate surface area is 200 Å². The van der Waals surface area contributed by atoms with Crippen LogP contribution in [-0.4, -0.2) is 30.8 Å². The molecule has 3 aromatic heterocycles. The number of halogens is 1. The van der Waals surface area contributed by atoms with Crippen molar-refractivity contribution in [2.24, 2.45) is 7.05 Å². The summed E-state index contributed by atoms with van der Waals surface area (Å²) in [6.45, 7) is 0.363. The minimum Gasteiger partial charge on any atom is -0.381 e. The van der Waals surface area contributed by atoms with Gasteiger partial charge < -0.3 is 15.6 Å². The average Bonchev–Trinajstić information content (AvgIpc) is 3.48. The van der Waals surface area contributed by atoms with Crippen LogP contribution in [0.1, 0.15) is 5.56 Å². The molecule has 0 aliphatic heterocycles. The number of amides is 2. The van der Waals surface area contributed by atoms with Crippen molar-refractivity contribution in [2.45, 2.75) is 6.54 Å². The molecule has 0 bridgehead atoms. The van der Waals surface area contributed by atoms with Gasteiger partial charge in [0.05, 0.1) is 28.1 Å². The largest absolute Gasteiger partial charge is 0.381 e. The van der Waals surface area contributed by atoms with E-state index >= 15 is 0 Å². The molecule has 2 amide bonds. The topological polar surface area (TPSA) is 127 Å². The molecule has 3 heterocycles. The van der Waals surface area contributed by atoms with Crippen molar-refractivity contribution in [2.75, 3.05) is 11.1 Å². The summed E-state index contributed by atoms with van der Waals surface area (Å²) in [5.41, 5.74) is 10.6. The highest BCUT2D eigenvalue weighted by atomic mass is 35.5. The van der Waals surface area contributed by atoms with Gasteiger partial charge >= 0.3 is 6.03 Å². The molecule has 0 atom stereocenters. The van der Waals surface area contributed by atoms with E-state index < -0.39 is 6.03 Å². The fraction of sp³-hybridized carbons (Fsp3) is 0.0833. The molecule has 10 heteroatoms. The molecule has 0 unspecified atom stereocenters. The number of rotatable bonds is 5. The number of aromatic amines is 1. The highest BCUT2D eigenvalue weighted by Gasteiger charge is 2.18. The third-order valence-electron chi connectivity index (χ3n) is 5.32. The van der Waals surface area contributed by atoms with Gasteiger partial charge in [0.2, 0.25) is 0 Å². The Bertz CT molecular complexity index is 1490. The number of carbonyl (C=O) groups excluding carboxylic acids is 1. The van der Waals surface area contributed by atoms with Crippen LogP contribution in [0.5, 0.6) is 0 Å². The van der Waals surface area contributed by atoms with E-state index in [0.717, 1.165) is 27.6 Å². The minimum absolute atomic E-state index is 0.105. The normalized spacial score (nSPS) is 11.0. The number of benzene rings is 2. The number of urea groups is 1. The Morgan fingerprint density at radius 2 is 1.91 bits per heavy atom. The van der Waals surface area contributed by atoms with Crippen LogP contribution in [0.15, 0.2) is 67.1 Å². The molecule has 0 saturated carbocycles. The smallest absolute Gasteiger partial charge is 0.320 e. The van der Waals surface area contributed by atoms with Gasteiger partial charge in [0.25, 0.3) is 0 Å². The first-order chi connectivity index (χ1) is 16.5. The molecule has 170 valence electrons. The summed E-state index contributed by atoms with van der Waals surface area (Å²) in [5.74, 6) is 0.261. The fourth-order valence-corrected chi connectivity index (χ4v) is 3.96. The number of fused-ring (bicyclic) bond motifs is 1. The molecule has 0 spiro atoms. The Balaban J connectivity index is 1.52. The van der Waals surface area contributed by atoms with Gasteiger partial charge in [-0.1, -0.05) is 41.9 Å². The van der Waals surface area contributed by atoms with Crippen LogP contribution in [0, 0.1) is 0 Å². The number of nitrogens with one attached hydrogen (secondary N) is 3. The molecule has 2 aromatic carbocycles. The van der Waals surface area contributed by atoms with Crippen molar-refractivity contribution in [1.29, 1.82) is 0 Å². The monoisotopic (exact) mass is 472 g/mol. The van der Waals surface area contributed by atoms with Crippen molar-refractivity contribution in [1.82, 2.24) is 30.0 Å². The molecule has 5 rings (SSSR count). The van der Waals surface area contributed by atoms with Crippen LogP contribution in [-0.2, 0) is 13.6 Å². The van der Waals surface area contributed by atoms with Gasteiger partial charge in [-0.05, 0) is 23.8 Å². The zero-order valence-corrected chi connectivity index (χ0v) is 19.0. The Morgan fingerprint density at radius 3 is 2.68 bits per heavy atom. The highest BCUT2D eigenvalue weighted by molar-refractivity contribution is 6.35. The number of nitrogen functional groups attached to an aromatic ring is 1. The number of anilines is 2. The third kappa shape index (κ3) is 4.28. The lowest BCUT2D eigenvalue weighted by molar-refractivity contribution is 0.251. The van der Waals surface area contributed by atoms with E-state index in [1.54, 1.807) is 12.3 Å². The number of hydrogen-bond donors (Lipinski definition) is 4. The predicted octanol–water partition coefficient (Wildman–Crippen LogP) is 4.58. The third-order valence-corrected chi connectivity index (χ3v) is 5.62. The van der Waals surface area contributed by atoms with Gasteiger partial charge in [0, 0.05) is 42.5 Å². The summed E-state index contributed by atoms with van der Waals surface area (Å²) in [4.78, 5) is 21.8. The lowest BCUT2D eigenvalue weighted by Gasteiger charge is -2.14. The first-order valence-corrected chi connectivity index (χ1v) is 10.9. The number of nitrogens with zero attached hydrogens (tertiary/aromatic N) is 4. The van der Waals surface area contributed by atoms with Crippen molar-refractivity contribution >= 4 is 40.2 Å². The summed E-state index contributed by atoms with van der Waals surface area (Å²) in [7, 11) is 1.92. The number of nitrogens with two attached hydrogens (primary N) is 1. The van der Waals surface area contributed by atoms with Crippen LogP contribution >= 0.6 is 11.6 Å². The summed E-state index contributed by atoms with van der Waals surface area (Å²) in [5, 5.41) is 13.8. The molecule has 0 aliphatic rings. The van der Waals surface area contributed by atoms with Gasteiger partial charge in [-0.2, -0.15) is 5.10 Å². The van der Waals surface area contributed by atoms with Crippen LogP contribution in [0.25, 0.3) is 33.4 Å². The van der Waals surface area contributed by atoms with E-state index in [-0.39, 0.29) is 11.6 Å². The molecule has 0 radical (unpaired) electrons. The lowest BCUT2D eigenvalue weighted by atomic mass is 10.0. The van der Waals surface area contributed by atoms with Crippen LogP contribution in [0.4, 0.5) is 16.4 Å². The van der Waals surface area contributed by atoms with E-state index in [1.165, 1.54) is 0 Å². The maximum Gasteiger partial charge on any atom is 0.320 e. The zero-order valence-electron chi connectivity index (χ0n) is 18.2. The number of carbonyl (C=O) groups is 1. The molecular weight excluding hydrogens is 452 g/mol. The predicted molar refractivity (Wildman–Crippen MR) is 133 cm³/mol. The Kier molecular flexibility index (Phi) is 5.60. The minimum atomic E-state index is -0.438. The van der Waals surface area contributed by atoms with Crippen LogP contribution in [0.3, 0.4) is 0 Å². The Hall–Kier alpha value is -4.37. The van der Waals surface area contributed by atoms with Crippen molar-refractivity contribution in [3.05, 3.63) is 77.7 Å². The molecule has 34 heavy (non-hydrogen) atoms. The molecule has 0 saturated heterocycles. The Morgan fingerprint density at radius 1 is 1.12 bits per heavy atom. The van der Waals surface area contributed by atoms with Crippen molar-refractivity contribution in [3.63, 3.8) is 0 Å². The standard InChI is InChI=1S/C24H21ClN8O/c1-33-8-7-14(13-33)11-27-24(34)31-23-22(26)29-20(15-5-3-2-4-6-15)21(30-23)16-9-17-12-28-32-19(17)18(25)10-16/h2-10,12-13H,11H2,1H3,(H2,26,29)(H,28,32)(H2,27,30,31,34). The van der Waals surface area contributed by atoms with Gasteiger partial charge in [-0.15, -0.1) is 0 Å². The second kappa shape index (κ2) is 8.87. The maximum absolute atomic E-state index is 12.6. The van der Waals surface area contributed by atoms with Gasteiger partial charge in [-0.3, -0.25) is 10.4 Å². The summed E-state index contributed by atoms with van der Waals surface area (Å²) < 4.78 is 1.91. The van der Waals surface area contributed by atoms with Gasteiger partial charge in [0.15, 0.2) is 11.6 Å². The van der Waals surface area contributed by atoms with Crippen molar-refractivity contribution in [3.8, 4) is 22.5 Å². The summed E-state index contributed by atoms with van der Waals surface area (Å²) in [6, 6.07) is 14.8. The van der Waals surface area contributed by atoms with Crippen LogP contribution in [0.2, 0.25) is 5.02 Å². The molecule has 5 N–H and O–H groups in total. The molecule has 0 fully saturated rings. The van der Waals surface area contributed by atoms with E-state index in [1.807, 2.05) is 66.5 Å². The summed E-state index contributed by atoms with van der Waals surface area (Å²) >= 11 is 6.48. The summed E-state index contributed by atoms with van der Waals surface area (Å²) in [6.07, 6.45) is 5.53. The molecule has 0 aliphatic carbocycles. The number of hydrogen-bond acceptors (Lipinski definition) is 5. The SMILES string of the molecule is Cn1ccc(CNC(=O)Nc2nc(-c3cc(Cl)c4[nH]ncc4c3)c(-c3ccccc3)nc2N)c1. The van der Waals surface area contributed by atoms with Gasteiger partial charge in [0.1, 0.15) is 0 Å². The number of aryl methyl sites for hydroxylation is 1. The number of aromatic nitrogens is 5. The number of H-pyrrole nitrogens is 1. The molecule has 5 aromatic rings. The van der Waals surface area contributed by atoms with Crippen molar-refractivity contribution < 1.29 is 4.79 Å². The fourth-order valence-electron chi connectivity index (χ4n) is 3.69. The van der Waals surface area contributed by atoms with E-state index in [4.69, 9.17) is 22.3 Å². The second-order valence-corrected chi connectivity index (χ2v) is 8.21. The van der Waals surface area contributed by atoms with E-state index in [0.29, 0.717) is 23.0 Å². The quantitative estimate of drug-likeness (QED) is 0.297. The molecular formula is C24H21ClN8O. The van der Waals surface area contributed by atoms with E-state index in [9.17, 15) is 4.79 Å². The van der Waals surface area contributed by atoms with E-state index in [2.05, 4.69) is 25.8 Å². The first-order valence-electron chi connectivity index (χ1n) is 10.5. The molecule has 9 nitrogen and oxygen atoms in total. The first kappa shape index (κ1) is 21.5. The maximum atomic E-state index is 12.6.